The van der Waals surface area contributed by atoms with Crippen LogP contribution in [0.25, 0.3) is 11.1 Å². The molecule has 0 saturated heterocycles. The van der Waals surface area contributed by atoms with Gasteiger partial charge in [0.05, 0.1) is 0 Å². The first-order valence-electron chi connectivity index (χ1n) is 14.8. The molecule has 0 N–H and O–H groups in total. The molecule has 0 heterocycles. The third kappa shape index (κ3) is 5.33. The van der Waals surface area contributed by atoms with E-state index in [0.29, 0.717) is 0 Å². The third-order valence-electron chi connectivity index (χ3n) is 9.72. The fourth-order valence-electron chi connectivity index (χ4n) is 7.17. The fourth-order valence-corrected chi connectivity index (χ4v) is 22.7. The Labute approximate surface area is 276 Å². The molecule has 224 valence electrons. The molecule has 4 heteroatoms. The summed E-state index contributed by atoms with van der Waals surface area (Å²) < 4.78 is 11.3. The van der Waals surface area contributed by atoms with Crippen LogP contribution in [-0.2, 0) is 35.5 Å². The number of fused-ring (bicyclic) bond motifs is 3. The predicted octanol–water partition coefficient (Wildman–Crippen LogP) is 9.59. The molecule has 0 atom stereocenters. The zero-order valence-corrected chi connectivity index (χ0v) is 31.0. The maximum absolute atomic E-state index is 6.53. The quantitative estimate of drug-likeness (QED) is 0.175. The van der Waals surface area contributed by atoms with E-state index in [1.165, 1.54) is 46.5 Å². The molecule has 0 saturated carbocycles. The number of halogens is 3. The van der Waals surface area contributed by atoms with Crippen molar-refractivity contribution in [3.63, 3.8) is 0 Å². The van der Waals surface area contributed by atoms with Crippen molar-refractivity contribution in [1.29, 1.82) is 0 Å². The normalized spacial score (nSPS) is 14.4. The van der Waals surface area contributed by atoms with Gasteiger partial charge in [-0.1, -0.05) is 0 Å². The molecule has 0 amide bonds. The van der Waals surface area contributed by atoms with E-state index < -0.39 is 18.3 Å². The molecule has 0 unspecified atom stereocenters. The van der Waals surface area contributed by atoms with Gasteiger partial charge >= 0.3 is 254 Å². The molecule has 2 aliphatic carbocycles. The van der Waals surface area contributed by atoms with Gasteiger partial charge < -0.3 is 0 Å². The van der Waals surface area contributed by atoms with Crippen LogP contribution in [0.4, 0.5) is 0 Å². The van der Waals surface area contributed by atoms with Crippen molar-refractivity contribution in [1.82, 2.24) is 0 Å². The van der Waals surface area contributed by atoms with E-state index in [-0.39, 0.29) is 35.6 Å². The second-order valence-corrected chi connectivity index (χ2v) is 27.6. The molecular formula is C39H43Cl3Zr. The van der Waals surface area contributed by atoms with Gasteiger partial charge in [-0.05, 0) is 0 Å². The van der Waals surface area contributed by atoms with E-state index >= 15 is 0 Å². The summed E-state index contributed by atoms with van der Waals surface area (Å²) in [6.07, 6.45) is 8.81. The first-order chi connectivity index (χ1) is 19.3. The number of rotatable bonds is 4. The van der Waals surface area contributed by atoms with Gasteiger partial charge in [0.1, 0.15) is 0 Å². The van der Waals surface area contributed by atoms with Gasteiger partial charge in [0.2, 0.25) is 0 Å². The van der Waals surface area contributed by atoms with Crippen LogP contribution in [-0.4, -0.2) is 4.21 Å². The Bertz CT molecular complexity index is 1800. The summed E-state index contributed by atoms with van der Waals surface area (Å²) in [5.74, 6) is 0. The summed E-state index contributed by atoms with van der Waals surface area (Å²) in [6, 6.07) is 32.2. The SMILES string of the molecule is Cl.Cl.[CH2]=[Zr]([C]1=CC=CC1)([c]1ccccc1)([c]1ccc(Cl)cc1)[c]1cc(C(C)(C)C)cc2c1Cc1ccc(C(C)(C)C)cc1-2. The Morgan fingerprint density at radius 1 is 0.698 bits per heavy atom. The van der Waals surface area contributed by atoms with Crippen molar-refractivity contribution < 1.29 is 18.3 Å². The monoisotopic (exact) mass is 706 g/mol. The van der Waals surface area contributed by atoms with Gasteiger partial charge in [-0.25, -0.2) is 0 Å². The molecule has 4 aromatic carbocycles. The zero-order valence-electron chi connectivity index (χ0n) is 26.1. The fraction of sp³-hybridized carbons (Fsp3) is 0.256. The van der Waals surface area contributed by atoms with Crippen LogP contribution in [0, 0.1) is 0 Å². The van der Waals surface area contributed by atoms with E-state index in [2.05, 4.69) is 145 Å². The minimum absolute atomic E-state index is 0. The molecule has 0 nitrogen and oxygen atoms in total. The summed E-state index contributed by atoms with van der Waals surface area (Å²) in [5, 5.41) is 0.764. The average Bonchev–Trinajstić information content (AvgIpc) is 3.61. The van der Waals surface area contributed by atoms with Gasteiger partial charge in [0, 0.05) is 0 Å². The van der Waals surface area contributed by atoms with Gasteiger partial charge in [-0.2, -0.15) is 0 Å². The second kappa shape index (κ2) is 11.7. The molecule has 0 fully saturated rings. The van der Waals surface area contributed by atoms with Gasteiger partial charge in [0.15, 0.2) is 0 Å². The first-order valence-corrected chi connectivity index (χ1v) is 21.9. The average molecular weight is 709 g/mol. The van der Waals surface area contributed by atoms with Gasteiger partial charge in [-0.15, -0.1) is 24.8 Å². The van der Waals surface area contributed by atoms with Crippen molar-refractivity contribution >= 4 is 50.4 Å². The molecule has 0 aromatic heterocycles. The van der Waals surface area contributed by atoms with Crippen molar-refractivity contribution in [2.75, 3.05) is 0 Å². The summed E-state index contributed by atoms with van der Waals surface area (Å²) in [7, 11) is 0. The molecule has 2 aliphatic rings. The second-order valence-electron chi connectivity index (χ2n) is 14.3. The Morgan fingerprint density at radius 3 is 1.88 bits per heavy atom. The van der Waals surface area contributed by atoms with Crippen LogP contribution in [0.3, 0.4) is 0 Å². The number of hydrogen-bond donors (Lipinski definition) is 0. The molecule has 0 radical (unpaired) electrons. The topological polar surface area (TPSA) is 0 Å². The standard InChI is InChI=1S/C21H25.C6H4Cl.C6H5.C5H5.CH2.2ClH.Zr/c1-20(2,3)16-9-7-14-11-15-8-10-17(21(4,5)6)13-19(15)18(14)12-16;7-6-4-2-1-3-5-6;1-2-4-6-5-3-1;1-2-4-5-3-1;;;;/h7,9-10,12-13H,11H2,1-6H3;2-5H;1-5H;1-3H,4H2;1H2;2*1H;. The van der Waals surface area contributed by atoms with Crippen LogP contribution < -0.4 is 9.81 Å². The third-order valence-corrected chi connectivity index (χ3v) is 26.3. The molecule has 0 spiro atoms. The number of benzene rings is 4. The minimum atomic E-state index is -4.75. The number of allylic oxidation sites excluding steroid dienone is 4. The first kappa shape index (κ1) is 33.9. The zero-order chi connectivity index (χ0) is 29.2. The molecular weight excluding hydrogens is 666 g/mol. The van der Waals surface area contributed by atoms with Crippen LogP contribution in [0.1, 0.15) is 70.2 Å². The van der Waals surface area contributed by atoms with Crippen molar-refractivity contribution in [2.24, 2.45) is 0 Å². The van der Waals surface area contributed by atoms with E-state index in [1.807, 2.05) is 0 Å². The molecule has 0 aliphatic heterocycles. The Hall–Kier alpha value is -2.02. The van der Waals surface area contributed by atoms with Gasteiger partial charge in [0.25, 0.3) is 0 Å². The summed E-state index contributed by atoms with van der Waals surface area (Å²) in [6.45, 7) is 14.0. The van der Waals surface area contributed by atoms with Crippen LogP contribution in [0.2, 0.25) is 5.02 Å². The van der Waals surface area contributed by atoms with E-state index in [9.17, 15) is 0 Å². The number of hydrogen-bond acceptors (Lipinski definition) is 0. The van der Waals surface area contributed by atoms with Crippen LogP contribution >= 0.6 is 36.4 Å². The Balaban J connectivity index is 0.00000212. The van der Waals surface area contributed by atoms with Crippen molar-refractivity contribution in [3.05, 3.63) is 134 Å². The molecule has 6 rings (SSSR count). The van der Waals surface area contributed by atoms with Crippen molar-refractivity contribution in [3.8, 4) is 11.1 Å². The maximum atomic E-state index is 6.53. The summed E-state index contributed by atoms with van der Waals surface area (Å²) in [4.78, 5) is 0. The molecule has 0 bridgehead atoms. The summed E-state index contributed by atoms with van der Waals surface area (Å²) >= 11 is 1.78. The van der Waals surface area contributed by atoms with E-state index in [4.69, 9.17) is 15.8 Å². The van der Waals surface area contributed by atoms with Crippen molar-refractivity contribution in [2.45, 2.75) is 65.2 Å². The molecule has 43 heavy (non-hydrogen) atoms. The Kier molecular flexibility index (Phi) is 9.24. The predicted molar refractivity (Wildman–Crippen MR) is 192 cm³/mol. The molecule has 4 aromatic rings. The van der Waals surface area contributed by atoms with Crippen LogP contribution in [0.5, 0.6) is 0 Å². The summed E-state index contributed by atoms with van der Waals surface area (Å²) in [5.41, 5.74) is 8.52. The van der Waals surface area contributed by atoms with E-state index in [1.54, 1.807) is 0 Å². The van der Waals surface area contributed by atoms with Gasteiger partial charge in [-0.3, -0.25) is 0 Å². The van der Waals surface area contributed by atoms with E-state index in [0.717, 1.165) is 17.9 Å². The Morgan fingerprint density at radius 2 is 1.30 bits per heavy atom. The van der Waals surface area contributed by atoms with Crippen LogP contribution in [0.15, 0.2) is 106 Å².